The molecule has 0 aliphatic heterocycles. The molecule has 5 heteroatoms. The maximum atomic E-state index is 11.5. The van der Waals surface area contributed by atoms with Gasteiger partial charge in [0.05, 0.1) is 19.2 Å². The quantitative estimate of drug-likeness (QED) is 0.572. The molecule has 0 aromatic heterocycles. The number of hydrogen-bond donors (Lipinski definition) is 2. The zero-order chi connectivity index (χ0) is 17.8. The van der Waals surface area contributed by atoms with Gasteiger partial charge in [-0.15, -0.1) is 0 Å². The highest BCUT2D eigenvalue weighted by Gasteiger charge is 2.12. The number of carbonyl (C=O) groups is 1. The van der Waals surface area contributed by atoms with E-state index in [0.29, 0.717) is 17.9 Å². The molecule has 0 saturated heterocycles. The van der Waals surface area contributed by atoms with Crippen LogP contribution < -0.4 is 10.1 Å². The van der Waals surface area contributed by atoms with Crippen LogP contribution >= 0.6 is 0 Å². The normalized spacial score (nSPS) is 13.3. The number of ether oxygens (including phenoxy) is 2. The number of aliphatic hydroxyl groups excluding tert-OH is 1. The summed E-state index contributed by atoms with van der Waals surface area (Å²) < 4.78 is 10.3. The second kappa shape index (κ2) is 11.9. The lowest BCUT2D eigenvalue weighted by molar-refractivity contribution is -0.666. The zero-order valence-electron chi connectivity index (χ0n) is 15.2. The molecule has 0 fully saturated rings. The Bertz CT molecular complexity index is 478. The van der Waals surface area contributed by atoms with E-state index in [1.807, 2.05) is 0 Å². The molecule has 3 N–H and O–H groups in total. The van der Waals surface area contributed by atoms with Gasteiger partial charge in [-0.1, -0.05) is 32.8 Å². The molecule has 2 atom stereocenters. The summed E-state index contributed by atoms with van der Waals surface area (Å²) in [6.45, 7) is 6.33. The van der Waals surface area contributed by atoms with Crippen LogP contribution in [0.25, 0.3) is 0 Å². The molecule has 0 saturated carbocycles. The second-order valence-electron chi connectivity index (χ2n) is 6.16. The number of unbranched alkanes of at least 4 members (excludes halogenated alkanes) is 1. The SMILES string of the molecule is CCCC[C@@H](CC)C[NH2+]C[C@@H](O)COc1cccc(C(=O)OC)c1. The molecule has 0 unspecified atom stereocenters. The van der Waals surface area contributed by atoms with Crippen LogP contribution in [-0.2, 0) is 4.74 Å². The predicted octanol–water partition coefficient (Wildman–Crippen LogP) is 1.99. The summed E-state index contributed by atoms with van der Waals surface area (Å²) in [5.74, 6) is 0.883. The Morgan fingerprint density at radius 3 is 2.75 bits per heavy atom. The average molecular weight is 338 g/mol. The molecule has 1 rings (SSSR count). The number of nitrogens with two attached hydrogens (primary N) is 1. The van der Waals surface area contributed by atoms with Crippen LogP contribution in [0.4, 0.5) is 0 Å². The van der Waals surface area contributed by atoms with Gasteiger partial charge >= 0.3 is 5.97 Å². The topological polar surface area (TPSA) is 72.4 Å². The Hall–Kier alpha value is -1.59. The van der Waals surface area contributed by atoms with Gasteiger partial charge in [-0.3, -0.25) is 0 Å². The summed E-state index contributed by atoms with van der Waals surface area (Å²) in [5.41, 5.74) is 0.442. The number of carbonyl (C=O) groups excluding carboxylic acids is 1. The molecule has 24 heavy (non-hydrogen) atoms. The van der Waals surface area contributed by atoms with Crippen molar-refractivity contribution in [1.82, 2.24) is 0 Å². The highest BCUT2D eigenvalue weighted by molar-refractivity contribution is 5.89. The van der Waals surface area contributed by atoms with Gasteiger partial charge in [-0.2, -0.15) is 0 Å². The van der Waals surface area contributed by atoms with Crippen molar-refractivity contribution in [3.8, 4) is 5.75 Å². The number of aliphatic hydroxyl groups is 1. The molecule has 0 heterocycles. The molecular weight excluding hydrogens is 306 g/mol. The van der Waals surface area contributed by atoms with Crippen molar-refractivity contribution in [2.45, 2.75) is 45.6 Å². The number of methoxy groups -OCH3 is 1. The van der Waals surface area contributed by atoms with Crippen molar-refractivity contribution in [2.75, 3.05) is 26.8 Å². The van der Waals surface area contributed by atoms with E-state index in [1.165, 1.54) is 32.8 Å². The van der Waals surface area contributed by atoms with Gasteiger partial charge in [0.1, 0.15) is 25.0 Å². The molecule has 5 nitrogen and oxygen atoms in total. The predicted molar refractivity (Wildman–Crippen MR) is 94.2 cm³/mol. The van der Waals surface area contributed by atoms with Crippen molar-refractivity contribution >= 4 is 5.97 Å². The maximum Gasteiger partial charge on any atom is 0.337 e. The minimum absolute atomic E-state index is 0.215. The zero-order valence-corrected chi connectivity index (χ0v) is 15.2. The van der Waals surface area contributed by atoms with E-state index in [1.54, 1.807) is 24.3 Å². The molecule has 0 amide bonds. The fourth-order valence-electron chi connectivity index (χ4n) is 2.60. The third-order valence-electron chi connectivity index (χ3n) is 4.18. The number of rotatable bonds is 12. The van der Waals surface area contributed by atoms with Gasteiger partial charge < -0.3 is 19.9 Å². The lowest BCUT2D eigenvalue weighted by Crippen LogP contribution is -2.87. The van der Waals surface area contributed by atoms with Gasteiger partial charge in [0.25, 0.3) is 0 Å². The van der Waals surface area contributed by atoms with E-state index < -0.39 is 12.1 Å². The van der Waals surface area contributed by atoms with Gasteiger partial charge in [-0.05, 0) is 31.0 Å². The number of esters is 1. The summed E-state index contributed by atoms with van der Waals surface area (Å²) >= 11 is 0. The van der Waals surface area contributed by atoms with E-state index in [2.05, 4.69) is 23.9 Å². The molecule has 0 aliphatic carbocycles. The van der Waals surface area contributed by atoms with Crippen LogP contribution in [-0.4, -0.2) is 44.0 Å². The van der Waals surface area contributed by atoms with E-state index in [4.69, 9.17) is 4.74 Å². The molecule has 0 aliphatic rings. The monoisotopic (exact) mass is 338 g/mol. The minimum atomic E-state index is -0.532. The van der Waals surface area contributed by atoms with Crippen LogP contribution in [0.15, 0.2) is 24.3 Å². The Kier molecular flexibility index (Phi) is 10.1. The maximum absolute atomic E-state index is 11.5. The van der Waals surface area contributed by atoms with Crippen LogP contribution in [0.2, 0.25) is 0 Å². The van der Waals surface area contributed by atoms with Crippen molar-refractivity contribution in [3.05, 3.63) is 29.8 Å². The summed E-state index contributed by atoms with van der Waals surface area (Å²) in [6.07, 6.45) is 4.42. The standard InChI is InChI=1S/C19H31NO4/c1-4-6-8-15(5-2)12-20-13-17(21)14-24-18-10-7-9-16(11-18)19(22)23-3/h7,9-11,15,17,20-21H,4-6,8,12-14H2,1-3H3/p+1/t15-,17-/m1/s1. The third-order valence-corrected chi connectivity index (χ3v) is 4.18. The first-order chi connectivity index (χ1) is 11.6. The van der Waals surface area contributed by atoms with Crippen LogP contribution in [0.1, 0.15) is 49.9 Å². The minimum Gasteiger partial charge on any atom is -0.491 e. The Morgan fingerprint density at radius 2 is 2.08 bits per heavy atom. The molecule has 136 valence electrons. The van der Waals surface area contributed by atoms with Crippen molar-refractivity contribution in [1.29, 1.82) is 0 Å². The molecule has 1 aromatic rings. The Labute approximate surface area is 145 Å². The van der Waals surface area contributed by atoms with Crippen molar-refractivity contribution in [2.24, 2.45) is 5.92 Å². The van der Waals surface area contributed by atoms with E-state index in [-0.39, 0.29) is 6.61 Å². The highest BCUT2D eigenvalue weighted by Crippen LogP contribution is 2.14. The smallest absolute Gasteiger partial charge is 0.337 e. The average Bonchev–Trinajstić information content (AvgIpc) is 2.62. The van der Waals surface area contributed by atoms with E-state index in [0.717, 1.165) is 12.5 Å². The third kappa shape index (κ3) is 7.79. The van der Waals surface area contributed by atoms with E-state index in [9.17, 15) is 9.90 Å². The lowest BCUT2D eigenvalue weighted by Gasteiger charge is -2.15. The van der Waals surface area contributed by atoms with Crippen molar-refractivity contribution in [3.63, 3.8) is 0 Å². The van der Waals surface area contributed by atoms with Crippen LogP contribution in [0, 0.1) is 5.92 Å². The van der Waals surface area contributed by atoms with Gasteiger partial charge in [-0.25, -0.2) is 4.79 Å². The molecular formula is C19H32NO4+. The first kappa shape index (κ1) is 20.5. The van der Waals surface area contributed by atoms with Gasteiger partial charge in [0.2, 0.25) is 0 Å². The molecule has 0 radical (unpaired) electrons. The largest absolute Gasteiger partial charge is 0.491 e. The second-order valence-corrected chi connectivity index (χ2v) is 6.16. The molecule has 0 spiro atoms. The molecule has 1 aromatic carbocycles. The lowest BCUT2D eigenvalue weighted by atomic mass is 9.99. The Balaban J connectivity index is 2.30. The summed E-state index contributed by atoms with van der Waals surface area (Å²) in [4.78, 5) is 11.5. The first-order valence-electron chi connectivity index (χ1n) is 8.91. The number of hydrogen-bond acceptors (Lipinski definition) is 4. The van der Waals surface area contributed by atoms with Crippen LogP contribution in [0.5, 0.6) is 5.75 Å². The van der Waals surface area contributed by atoms with Crippen molar-refractivity contribution < 1.29 is 24.7 Å². The summed E-state index contributed by atoms with van der Waals surface area (Å²) in [6, 6.07) is 6.80. The van der Waals surface area contributed by atoms with Gasteiger partial charge in [0, 0.05) is 5.92 Å². The first-order valence-corrected chi connectivity index (χ1v) is 8.91. The number of benzene rings is 1. The van der Waals surface area contributed by atoms with E-state index >= 15 is 0 Å². The Morgan fingerprint density at radius 1 is 1.29 bits per heavy atom. The molecule has 0 bridgehead atoms. The number of quaternary nitrogens is 1. The highest BCUT2D eigenvalue weighted by atomic mass is 16.5. The van der Waals surface area contributed by atoms with Gasteiger partial charge in [0.15, 0.2) is 0 Å². The van der Waals surface area contributed by atoms with Crippen LogP contribution in [0.3, 0.4) is 0 Å². The summed E-state index contributed by atoms with van der Waals surface area (Å²) in [7, 11) is 1.35. The fraction of sp³-hybridized carbons (Fsp3) is 0.632. The fourth-order valence-corrected chi connectivity index (χ4v) is 2.60. The summed E-state index contributed by atoms with van der Waals surface area (Å²) in [5, 5.41) is 12.2.